The number of hydrogen-bond acceptors (Lipinski definition) is 4. The van der Waals surface area contributed by atoms with Crippen LogP contribution in [-0.2, 0) is 6.42 Å². The van der Waals surface area contributed by atoms with Gasteiger partial charge in [0.15, 0.2) is 0 Å². The number of benzene rings is 1. The maximum Gasteiger partial charge on any atom is 0.251 e. The van der Waals surface area contributed by atoms with E-state index in [0.29, 0.717) is 5.95 Å². The van der Waals surface area contributed by atoms with Gasteiger partial charge in [-0.15, -0.1) is 0 Å². The molecule has 0 aliphatic carbocycles. The van der Waals surface area contributed by atoms with Crippen molar-refractivity contribution in [2.24, 2.45) is 5.73 Å². The van der Waals surface area contributed by atoms with E-state index in [9.17, 15) is 0 Å². The lowest BCUT2D eigenvalue weighted by Crippen LogP contribution is -2.21. The molecule has 0 aliphatic rings. The van der Waals surface area contributed by atoms with Crippen LogP contribution < -0.4 is 5.73 Å². The van der Waals surface area contributed by atoms with Gasteiger partial charge >= 0.3 is 0 Å². The lowest BCUT2D eigenvalue weighted by molar-refractivity contribution is 0.642. The van der Waals surface area contributed by atoms with Crippen LogP contribution in [0.25, 0.3) is 16.9 Å². The second-order valence-corrected chi connectivity index (χ2v) is 4.88. The van der Waals surface area contributed by atoms with Crippen LogP contribution in [0.1, 0.15) is 18.9 Å². The van der Waals surface area contributed by atoms with Crippen LogP contribution in [0, 0.1) is 0 Å². The Labute approximate surface area is 117 Å². The summed E-state index contributed by atoms with van der Waals surface area (Å²) in [6, 6.07) is 8.16. The molecular weight excluding hydrogens is 250 g/mol. The molecule has 2 N–H and O–H groups in total. The largest absolute Gasteiger partial charge is 0.327 e. The standard InChI is InChI=1S/C15H17N5/c1-2-13(16)7-11-8-17-15(18-9-11)20-14-6-4-3-5-12(14)10-19-20/h3-6,8-10,13H,2,7,16H2,1H3. The van der Waals surface area contributed by atoms with E-state index in [1.165, 1.54) is 0 Å². The van der Waals surface area contributed by atoms with E-state index in [2.05, 4.69) is 22.0 Å². The van der Waals surface area contributed by atoms with Crippen molar-refractivity contribution in [2.45, 2.75) is 25.8 Å². The van der Waals surface area contributed by atoms with E-state index >= 15 is 0 Å². The van der Waals surface area contributed by atoms with Gasteiger partial charge in [0.2, 0.25) is 0 Å². The highest BCUT2D eigenvalue weighted by Gasteiger charge is 2.07. The third-order valence-electron chi connectivity index (χ3n) is 3.38. The smallest absolute Gasteiger partial charge is 0.251 e. The quantitative estimate of drug-likeness (QED) is 0.786. The second-order valence-electron chi connectivity index (χ2n) is 4.88. The van der Waals surface area contributed by atoms with Crippen molar-refractivity contribution in [1.29, 1.82) is 0 Å². The molecule has 0 saturated heterocycles. The fourth-order valence-corrected chi connectivity index (χ4v) is 2.14. The highest BCUT2D eigenvalue weighted by molar-refractivity contribution is 5.79. The first-order valence-corrected chi connectivity index (χ1v) is 6.77. The Kier molecular flexibility index (Phi) is 3.43. The Hall–Kier alpha value is -2.27. The molecule has 0 radical (unpaired) electrons. The van der Waals surface area contributed by atoms with Gasteiger partial charge in [-0.2, -0.15) is 9.78 Å². The summed E-state index contributed by atoms with van der Waals surface area (Å²) in [5.41, 5.74) is 8.00. The van der Waals surface area contributed by atoms with E-state index in [1.54, 1.807) is 4.68 Å². The lowest BCUT2D eigenvalue weighted by Gasteiger charge is -2.08. The zero-order chi connectivity index (χ0) is 13.9. The van der Waals surface area contributed by atoms with Crippen molar-refractivity contribution in [1.82, 2.24) is 19.7 Å². The minimum atomic E-state index is 0.162. The van der Waals surface area contributed by atoms with Crippen molar-refractivity contribution in [2.75, 3.05) is 0 Å². The molecule has 5 nitrogen and oxygen atoms in total. The molecule has 0 amide bonds. The van der Waals surface area contributed by atoms with Crippen molar-refractivity contribution in [3.05, 3.63) is 48.4 Å². The van der Waals surface area contributed by atoms with Crippen LogP contribution >= 0.6 is 0 Å². The molecule has 0 aliphatic heterocycles. The topological polar surface area (TPSA) is 69.6 Å². The Morgan fingerprint density at radius 1 is 1.15 bits per heavy atom. The Bertz CT molecular complexity index is 702. The molecule has 5 heteroatoms. The molecule has 0 bridgehead atoms. The predicted molar refractivity (Wildman–Crippen MR) is 78.6 cm³/mol. The number of hydrogen-bond donors (Lipinski definition) is 1. The van der Waals surface area contributed by atoms with Crippen LogP contribution in [0.3, 0.4) is 0 Å². The molecule has 0 spiro atoms. The first kappa shape index (κ1) is 12.7. The number of fused-ring (bicyclic) bond motifs is 1. The molecular formula is C15H17N5. The zero-order valence-corrected chi connectivity index (χ0v) is 11.4. The normalized spacial score (nSPS) is 12.7. The van der Waals surface area contributed by atoms with Crippen molar-refractivity contribution in [3.8, 4) is 5.95 Å². The number of nitrogens with zero attached hydrogens (tertiary/aromatic N) is 4. The first-order chi connectivity index (χ1) is 9.78. The van der Waals surface area contributed by atoms with Gasteiger partial charge in [0.05, 0.1) is 11.7 Å². The first-order valence-electron chi connectivity index (χ1n) is 6.77. The van der Waals surface area contributed by atoms with E-state index in [0.717, 1.165) is 29.3 Å². The summed E-state index contributed by atoms with van der Waals surface area (Å²) in [7, 11) is 0. The predicted octanol–water partition coefficient (Wildman–Crippen LogP) is 2.10. The molecule has 1 atom stereocenters. The maximum atomic E-state index is 5.94. The maximum absolute atomic E-state index is 5.94. The van der Waals surface area contributed by atoms with Crippen molar-refractivity contribution >= 4 is 10.9 Å². The molecule has 1 unspecified atom stereocenters. The molecule has 2 heterocycles. The SMILES string of the molecule is CCC(N)Cc1cnc(-n2ncc3ccccc32)nc1. The number of rotatable bonds is 4. The van der Waals surface area contributed by atoms with Crippen LogP contribution in [0.15, 0.2) is 42.9 Å². The minimum absolute atomic E-state index is 0.162. The molecule has 2 aromatic heterocycles. The summed E-state index contributed by atoms with van der Waals surface area (Å²) in [6.45, 7) is 2.08. The number of nitrogens with two attached hydrogens (primary N) is 1. The van der Waals surface area contributed by atoms with Crippen molar-refractivity contribution < 1.29 is 0 Å². The van der Waals surface area contributed by atoms with Crippen molar-refractivity contribution in [3.63, 3.8) is 0 Å². The Morgan fingerprint density at radius 2 is 1.90 bits per heavy atom. The third-order valence-corrected chi connectivity index (χ3v) is 3.38. The summed E-state index contributed by atoms with van der Waals surface area (Å²) < 4.78 is 1.75. The fourth-order valence-electron chi connectivity index (χ4n) is 2.14. The average molecular weight is 267 g/mol. The summed E-state index contributed by atoms with van der Waals surface area (Å²) in [5.74, 6) is 0.583. The second kappa shape index (κ2) is 5.38. The molecule has 20 heavy (non-hydrogen) atoms. The van der Waals surface area contributed by atoms with Crippen LogP contribution in [-0.4, -0.2) is 25.8 Å². The van der Waals surface area contributed by atoms with Gasteiger partial charge in [-0.05, 0) is 24.5 Å². The summed E-state index contributed by atoms with van der Waals surface area (Å²) in [6.07, 6.45) is 7.23. The monoisotopic (exact) mass is 267 g/mol. The van der Waals surface area contributed by atoms with Gasteiger partial charge < -0.3 is 5.73 Å². The Balaban J connectivity index is 1.91. The van der Waals surface area contributed by atoms with Gasteiger partial charge in [-0.25, -0.2) is 9.97 Å². The van der Waals surface area contributed by atoms with Crippen LogP contribution in [0.5, 0.6) is 0 Å². The number of para-hydroxylation sites is 1. The van der Waals surface area contributed by atoms with Crippen LogP contribution in [0.2, 0.25) is 0 Å². The van der Waals surface area contributed by atoms with Gasteiger partial charge in [-0.1, -0.05) is 25.1 Å². The van der Waals surface area contributed by atoms with E-state index in [1.807, 2.05) is 42.9 Å². The van der Waals surface area contributed by atoms with E-state index < -0.39 is 0 Å². The van der Waals surface area contributed by atoms with Gasteiger partial charge in [0.1, 0.15) is 0 Å². The fraction of sp³-hybridized carbons (Fsp3) is 0.267. The molecule has 3 rings (SSSR count). The Morgan fingerprint density at radius 3 is 2.65 bits per heavy atom. The highest BCUT2D eigenvalue weighted by atomic mass is 15.3. The summed E-state index contributed by atoms with van der Waals surface area (Å²) in [4.78, 5) is 8.78. The summed E-state index contributed by atoms with van der Waals surface area (Å²) >= 11 is 0. The molecule has 1 aromatic carbocycles. The average Bonchev–Trinajstić information content (AvgIpc) is 2.92. The zero-order valence-electron chi connectivity index (χ0n) is 11.4. The van der Waals surface area contributed by atoms with Gasteiger partial charge in [-0.3, -0.25) is 0 Å². The highest BCUT2D eigenvalue weighted by Crippen LogP contribution is 2.15. The van der Waals surface area contributed by atoms with Gasteiger partial charge in [0, 0.05) is 23.8 Å². The van der Waals surface area contributed by atoms with E-state index in [-0.39, 0.29) is 6.04 Å². The van der Waals surface area contributed by atoms with Crippen LogP contribution in [0.4, 0.5) is 0 Å². The molecule has 0 fully saturated rings. The van der Waals surface area contributed by atoms with E-state index in [4.69, 9.17) is 5.73 Å². The number of aromatic nitrogens is 4. The lowest BCUT2D eigenvalue weighted by atomic mass is 10.1. The molecule has 102 valence electrons. The minimum Gasteiger partial charge on any atom is -0.327 e. The molecule has 3 aromatic rings. The van der Waals surface area contributed by atoms with Gasteiger partial charge in [0.25, 0.3) is 5.95 Å². The third kappa shape index (κ3) is 2.40. The molecule has 0 saturated carbocycles. The summed E-state index contributed by atoms with van der Waals surface area (Å²) in [5, 5.41) is 5.42.